The van der Waals surface area contributed by atoms with Crippen molar-refractivity contribution < 1.29 is 13.2 Å². The summed E-state index contributed by atoms with van der Waals surface area (Å²) in [6.45, 7) is 5.62. The van der Waals surface area contributed by atoms with E-state index < -0.39 is 23.5 Å². The Hall–Kier alpha value is -3.06. The Bertz CT molecular complexity index is 1360. The van der Waals surface area contributed by atoms with E-state index in [1.54, 1.807) is 18.2 Å². The van der Waals surface area contributed by atoms with Crippen LogP contribution in [0.2, 0.25) is 5.02 Å². The maximum atomic E-state index is 15.2. The monoisotopic (exact) mass is 456 g/mol. The minimum atomic E-state index is -0.936. The van der Waals surface area contributed by atoms with Crippen LogP contribution in [-0.2, 0) is 6.42 Å². The normalized spacial score (nSPS) is 16.0. The predicted octanol–water partition coefficient (Wildman–Crippen LogP) is 6.11. The van der Waals surface area contributed by atoms with E-state index in [1.807, 2.05) is 24.8 Å². The Kier molecular flexibility index (Phi) is 4.89. The smallest absolute Gasteiger partial charge is 0.226 e. The Labute approximate surface area is 188 Å². The first-order chi connectivity index (χ1) is 15.3. The third kappa shape index (κ3) is 3.14. The number of halogens is 4. The molecule has 8 heteroatoms. The quantitative estimate of drug-likeness (QED) is 0.396. The van der Waals surface area contributed by atoms with Gasteiger partial charge < -0.3 is 9.88 Å². The lowest BCUT2D eigenvalue weighted by atomic mass is 9.91. The van der Waals surface area contributed by atoms with E-state index in [0.717, 1.165) is 11.4 Å². The average Bonchev–Trinajstić information content (AvgIpc) is 3.13. The zero-order valence-corrected chi connectivity index (χ0v) is 18.5. The van der Waals surface area contributed by atoms with E-state index in [2.05, 4.69) is 15.0 Å². The fourth-order valence-electron chi connectivity index (χ4n) is 4.56. The van der Waals surface area contributed by atoms with Gasteiger partial charge in [-0.05, 0) is 56.5 Å². The number of fused-ring (bicyclic) bond motifs is 3. The summed E-state index contributed by atoms with van der Waals surface area (Å²) in [4.78, 5) is 14.2. The van der Waals surface area contributed by atoms with Crippen LogP contribution in [0.5, 0.6) is 0 Å². The fourth-order valence-corrected chi connectivity index (χ4v) is 4.72. The number of aromatic nitrogens is 3. The van der Waals surface area contributed by atoms with Crippen molar-refractivity contribution in [3.05, 3.63) is 86.6 Å². The van der Waals surface area contributed by atoms with Crippen molar-refractivity contribution in [2.24, 2.45) is 0 Å². The van der Waals surface area contributed by atoms with Crippen molar-refractivity contribution in [3.8, 4) is 0 Å². The van der Waals surface area contributed by atoms with Crippen molar-refractivity contribution in [3.63, 3.8) is 0 Å². The van der Waals surface area contributed by atoms with Crippen LogP contribution in [-0.4, -0.2) is 21.5 Å². The second kappa shape index (κ2) is 7.52. The number of hydrogen-bond donors (Lipinski definition) is 1. The third-order valence-corrected chi connectivity index (χ3v) is 6.30. The first-order valence-corrected chi connectivity index (χ1v) is 10.7. The van der Waals surface area contributed by atoms with Crippen molar-refractivity contribution in [1.29, 1.82) is 0 Å². The molecule has 0 amide bonds. The molecule has 1 aliphatic heterocycles. The Morgan fingerprint density at radius 2 is 1.69 bits per heavy atom. The second-order valence-corrected chi connectivity index (χ2v) is 8.60. The molecule has 1 unspecified atom stereocenters. The molecule has 0 saturated carbocycles. The van der Waals surface area contributed by atoms with E-state index >= 15 is 4.39 Å². The van der Waals surface area contributed by atoms with Gasteiger partial charge in [0.05, 0.1) is 5.02 Å². The highest BCUT2D eigenvalue weighted by Crippen LogP contribution is 2.42. The molecular weight excluding hydrogens is 437 g/mol. The van der Waals surface area contributed by atoms with Crippen LogP contribution in [0.15, 0.2) is 30.3 Å². The van der Waals surface area contributed by atoms with Crippen LogP contribution in [0.1, 0.15) is 39.8 Å². The highest BCUT2D eigenvalue weighted by atomic mass is 35.5. The summed E-state index contributed by atoms with van der Waals surface area (Å²) in [6, 6.07) is 7.37. The molecule has 1 aliphatic rings. The van der Waals surface area contributed by atoms with Crippen LogP contribution in [0, 0.1) is 38.2 Å². The largest absolute Gasteiger partial charge is 0.356 e. The lowest BCUT2D eigenvalue weighted by Crippen LogP contribution is -2.38. The molecule has 0 spiro atoms. The molecular formula is C24H20ClF3N4. The molecule has 1 N–H and O–H groups in total. The number of H-pyrrole nitrogens is 1. The van der Waals surface area contributed by atoms with Gasteiger partial charge in [-0.2, -0.15) is 0 Å². The minimum Gasteiger partial charge on any atom is -0.356 e. The van der Waals surface area contributed by atoms with Crippen molar-refractivity contribution >= 4 is 28.5 Å². The van der Waals surface area contributed by atoms with Gasteiger partial charge in [-0.25, -0.2) is 23.1 Å². The first kappa shape index (κ1) is 20.8. The van der Waals surface area contributed by atoms with Gasteiger partial charge in [-0.15, -0.1) is 0 Å². The predicted molar refractivity (Wildman–Crippen MR) is 119 cm³/mol. The molecule has 32 heavy (non-hydrogen) atoms. The highest BCUT2D eigenvalue weighted by molar-refractivity contribution is 6.31. The highest BCUT2D eigenvalue weighted by Gasteiger charge is 2.36. The molecule has 1 atom stereocenters. The fraction of sp³-hybridized carbons (Fsp3) is 0.250. The Morgan fingerprint density at radius 3 is 2.41 bits per heavy atom. The molecule has 4 nitrogen and oxygen atoms in total. The summed E-state index contributed by atoms with van der Waals surface area (Å²) >= 11 is 6.03. The lowest BCUT2D eigenvalue weighted by molar-refractivity contribution is 0.480. The molecule has 0 radical (unpaired) electrons. The van der Waals surface area contributed by atoms with Gasteiger partial charge in [0.2, 0.25) is 5.95 Å². The van der Waals surface area contributed by atoms with Crippen LogP contribution >= 0.6 is 11.6 Å². The molecule has 5 rings (SSSR count). The summed E-state index contributed by atoms with van der Waals surface area (Å²) < 4.78 is 44.8. The zero-order valence-electron chi connectivity index (χ0n) is 17.7. The number of rotatable bonds is 2. The topological polar surface area (TPSA) is 44.8 Å². The van der Waals surface area contributed by atoms with Crippen molar-refractivity contribution in [2.45, 2.75) is 33.2 Å². The van der Waals surface area contributed by atoms with Gasteiger partial charge in [0.15, 0.2) is 17.5 Å². The lowest BCUT2D eigenvalue weighted by Gasteiger charge is -2.36. The molecule has 0 aliphatic carbocycles. The summed E-state index contributed by atoms with van der Waals surface area (Å²) in [7, 11) is 0. The zero-order chi connectivity index (χ0) is 22.7. The van der Waals surface area contributed by atoms with Gasteiger partial charge in [-0.1, -0.05) is 23.7 Å². The summed E-state index contributed by atoms with van der Waals surface area (Å²) in [5.74, 6) is -1.95. The van der Waals surface area contributed by atoms with E-state index in [0.29, 0.717) is 41.1 Å². The molecule has 2 aromatic heterocycles. The second-order valence-electron chi connectivity index (χ2n) is 8.20. The number of nitrogens with zero attached hydrogens (tertiary/aromatic N) is 3. The molecule has 4 aromatic rings. The summed E-state index contributed by atoms with van der Waals surface area (Å²) in [6.07, 6.45) is 0.468. The van der Waals surface area contributed by atoms with Gasteiger partial charge in [0.25, 0.3) is 0 Å². The van der Waals surface area contributed by atoms with Crippen LogP contribution < -0.4 is 4.90 Å². The Morgan fingerprint density at radius 1 is 0.969 bits per heavy atom. The molecule has 164 valence electrons. The minimum absolute atomic E-state index is 0.0171. The molecule has 0 fully saturated rings. The maximum absolute atomic E-state index is 15.2. The summed E-state index contributed by atoms with van der Waals surface area (Å²) in [5, 5.41) is 0.398. The van der Waals surface area contributed by atoms with Gasteiger partial charge in [0, 0.05) is 40.1 Å². The van der Waals surface area contributed by atoms with Crippen LogP contribution in [0.4, 0.5) is 19.1 Å². The van der Waals surface area contributed by atoms with E-state index in [-0.39, 0.29) is 16.1 Å². The van der Waals surface area contributed by atoms with Gasteiger partial charge in [-0.3, -0.25) is 0 Å². The van der Waals surface area contributed by atoms with Crippen molar-refractivity contribution in [1.82, 2.24) is 15.0 Å². The number of anilines is 1. The maximum Gasteiger partial charge on any atom is 0.226 e. The standard InChI is InChI=1S/C24H20ClF3N4/c1-11-4-5-15(20(27)19(11)26)23-22-14(18-17(31-22)7-6-16(25)21(18)28)8-9-32(23)24-29-12(2)10-13(3)30-24/h4-7,10,23,31H,8-9H2,1-3H3. The number of hydrogen-bond acceptors (Lipinski definition) is 3. The van der Waals surface area contributed by atoms with Crippen molar-refractivity contribution in [2.75, 3.05) is 11.4 Å². The van der Waals surface area contributed by atoms with Gasteiger partial charge >= 0.3 is 0 Å². The molecule has 0 bridgehead atoms. The third-order valence-electron chi connectivity index (χ3n) is 6.01. The van der Waals surface area contributed by atoms with Gasteiger partial charge in [0.1, 0.15) is 6.04 Å². The molecule has 3 heterocycles. The number of aromatic amines is 1. The SMILES string of the molecule is Cc1cc(C)nc(N2CCc3c([nH]c4ccc(Cl)c(F)c34)C2c2ccc(C)c(F)c2F)n1. The average molecular weight is 457 g/mol. The first-order valence-electron chi connectivity index (χ1n) is 10.3. The number of aryl methyl sites for hydroxylation is 3. The number of nitrogens with one attached hydrogen (secondary N) is 1. The number of benzene rings is 2. The molecule has 0 saturated heterocycles. The van der Waals surface area contributed by atoms with E-state index in [9.17, 15) is 8.78 Å². The van der Waals surface area contributed by atoms with E-state index in [4.69, 9.17) is 11.6 Å². The van der Waals surface area contributed by atoms with E-state index in [1.165, 1.54) is 13.0 Å². The Balaban J connectivity index is 1.80. The summed E-state index contributed by atoms with van der Waals surface area (Å²) in [5.41, 5.74) is 3.71. The van der Waals surface area contributed by atoms with Crippen LogP contribution in [0.3, 0.4) is 0 Å². The van der Waals surface area contributed by atoms with Crippen LogP contribution in [0.25, 0.3) is 10.9 Å². The molecule has 2 aromatic carbocycles.